The number of aromatic amines is 2. The third-order valence-corrected chi connectivity index (χ3v) is 5.40. The van der Waals surface area contributed by atoms with Crippen molar-refractivity contribution < 1.29 is 0 Å². The van der Waals surface area contributed by atoms with Crippen molar-refractivity contribution in [1.29, 1.82) is 0 Å². The van der Waals surface area contributed by atoms with Crippen LogP contribution in [0.25, 0.3) is 49.7 Å². The summed E-state index contributed by atoms with van der Waals surface area (Å²) in [5.74, 6) is 0. The second kappa shape index (κ2) is 4.30. The molecule has 2 heteroatoms. The SMILES string of the molecule is C1=Cc2c(c3[nH]c4ccccc4c3c3c2[nH]c2ccccc23)CC1. The van der Waals surface area contributed by atoms with E-state index in [0.29, 0.717) is 0 Å². The van der Waals surface area contributed by atoms with Crippen LogP contribution in [0.2, 0.25) is 0 Å². The Kier molecular flexibility index (Phi) is 2.22. The van der Waals surface area contributed by atoms with Gasteiger partial charge in [-0.15, -0.1) is 0 Å². The smallest absolute Gasteiger partial charge is 0.0549 e. The molecule has 114 valence electrons. The van der Waals surface area contributed by atoms with Gasteiger partial charge in [0.05, 0.1) is 11.0 Å². The Labute approximate surface area is 138 Å². The number of hydrogen-bond acceptors (Lipinski definition) is 0. The fraction of sp³-hybridized carbons (Fsp3) is 0.0909. The third kappa shape index (κ3) is 1.41. The van der Waals surface area contributed by atoms with E-state index in [-0.39, 0.29) is 0 Å². The molecule has 2 nitrogen and oxygen atoms in total. The summed E-state index contributed by atoms with van der Waals surface area (Å²) in [5, 5.41) is 5.35. The Morgan fingerprint density at radius 3 is 2.08 bits per heavy atom. The minimum Gasteiger partial charge on any atom is -0.354 e. The average molecular weight is 308 g/mol. The molecule has 3 aromatic carbocycles. The van der Waals surface area contributed by atoms with Crippen LogP contribution in [0.15, 0.2) is 54.6 Å². The van der Waals surface area contributed by atoms with E-state index in [1.54, 1.807) is 0 Å². The van der Waals surface area contributed by atoms with Gasteiger partial charge in [-0.25, -0.2) is 0 Å². The number of aromatic nitrogens is 2. The zero-order valence-electron chi connectivity index (χ0n) is 13.2. The Balaban J connectivity index is 2.02. The number of benzene rings is 3. The lowest BCUT2D eigenvalue weighted by Gasteiger charge is -2.13. The molecule has 6 rings (SSSR count). The van der Waals surface area contributed by atoms with Crippen molar-refractivity contribution in [3.05, 3.63) is 65.7 Å². The average Bonchev–Trinajstić information content (AvgIpc) is 3.20. The molecule has 0 radical (unpaired) electrons. The largest absolute Gasteiger partial charge is 0.354 e. The molecular formula is C22H16N2. The van der Waals surface area contributed by atoms with Crippen LogP contribution in [0.5, 0.6) is 0 Å². The van der Waals surface area contributed by atoms with E-state index in [2.05, 4.69) is 70.7 Å². The molecule has 2 aromatic heterocycles. The highest BCUT2D eigenvalue weighted by molar-refractivity contribution is 6.29. The standard InChI is InChI=1S/C22H16N2/c1-2-8-14-13(7-1)21-19(15-9-3-5-11-17(15)23-21)20-16-10-4-6-12-18(16)24-22(14)20/h1,3-7,9-12,23-24H,2,8H2. The van der Waals surface area contributed by atoms with Crippen LogP contribution in [-0.2, 0) is 6.42 Å². The molecule has 24 heavy (non-hydrogen) atoms. The fourth-order valence-electron chi connectivity index (χ4n) is 4.39. The van der Waals surface area contributed by atoms with E-state index in [1.165, 1.54) is 54.7 Å². The minimum absolute atomic E-state index is 1.10. The molecule has 1 aliphatic rings. The predicted molar refractivity (Wildman–Crippen MR) is 103 cm³/mol. The van der Waals surface area contributed by atoms with E-state index in [0.717, 1.165) is 12.8 Å². The highest BCUT2D eigenvalue weighted by Gasteiger charge is 2.20. The second-order valence-corrected chi connectivity index (χ2v) is 6.67. The van der Waals surface area contributed by atoms with Gasteiger partial charge < -0.3 is 9.97 Å². The summed E-state index contributed by atoms with van der Waals surface area (Å²) in [7, 11) is 0. The highest BCUT2D eigenvalue weighted by atomic mass is 14.7. The van der Waals surface area contributed by atoms with Gasteiger partial charge in [-0.3, -0.25) is 0 Å². The first-order valence-electron chi connectivity index (χ1n) is 8.54. The van der Waals surface area contributed by atoms with Crippen molar-refractivity contribution in [2.45, 2.75) is 12.8 Å². The van der Waals surface area contributed by atoms with Crippen LogP contribution in [0.1, 0.15) is 17.5 Å². The van der Waals surface area contributed by atoms with Gasteiger partial charge in [-0.05, 0) is 30.5 Å². The van der Waals surface area contributed by atoms with Crippen LogP contribution < -0.4 is 0 Å². The number of aryl methyl sites for hydroxylation is 1. The molecule has 0 bridgehead atoms. The van der Waals surface area contributed by atoms with E-state index >= 15 is 0 Å². The van der Waals surface area contributed by atoms with Crippen molar-refractivity contribution in [1.82, 2.24) is 9.97 Å². The Bertz CT molecular complexity index is 1300. The molecule has 5 aromatic rings. The van der Waals surface area contributed by atoms with Gasteiger partial charge in [0.15, 0.2) is 0 Å². The van der Waals surface area contributed by atoms with Crippen molar-refractivity contribution in [2.75, 3.05) is 0 Å². The number of hydrogen-bond donors (Lipinski definition) is 2. The summed E-state index contributed by atoms with van der Waals surface area (Å²) in [5.41, 5.74) is 7.83. The first-order valence-corrected chi connectivity index (χ1v) is 8.54. The fourth-order valence-corrected chi connectivity index (χ4v) is 4.39. The van der Waals surface area contributed by atoms with Crippen molar-refractivity contribution in [2.24, 2.45) is 0 Å². The molecule has 2 N–H and O–H groups in total. The van der Waals surface area contributed by atoms with Crippen LogP contribution >= 0.6 is 0 Å². The normalized spacial score (nSPS) is 14.2. The van der Waals surface area contributed by atoms with Gasteiger partial charge in [0.1, 0.15) is 0 Å². The molecule has 2 heterocycles. The molecular weight excluding hydrogens is 292 g/mol. The lowest BCUT2D eigenvalue weighted by molar-refractivity contribution is 0.996. The topological polar surface area (TPSA) is 31.6 Å². The lowest BCUT2D eigenvalue weighted by atomic mass is 9.91. The first kappa shape index (κ1) is 12.4. The predicted octanol–water partition coefficient (Wildman–Crippen LogP) is 5.92. The van der Waals surface area contributed by atoms with Gasteiger partial charge in [0.25, 0.3) is 0 Å². The molecule has 0 saturated carbocycles. The van der Waals surface area contributed by atoms with Gasteiger partial charge in [-0.2, -0.15) is 0 Å². The second-order valence-electron chi connectivity index (χ2n) is 6.67. The number of H-pyrrole nitrogens is 2. The van der Waals surface area contributed by atoms with Gasteiger partial charge in [0.2, 0.25) is 0 Å². The van der Waals surface area contributed by atoms with Gasteiger partial charge in [-0.1, -0.05) is 48.6 Å². The number of nitrogens with one attached hydrogen (secondary N) is 2. The van der Waals surface area contributed by atoms with Crippen LogP contribution in [0, 0.1) is 0 Å². The maximum absolute atomic E-state index is 3.70. The molecule has 1 aliphatic carbocycles. The number of allylic oxidation sites excluding steroid dienone is 1. The quantitative estimate of drug-likeness (QED) is 0.356. The number of para-hydroxylation sites is 2. The molecule has 0 spiro atoms. The molecule has 0 amide bonds. The summed E-state index contributed by atoms with van der Waals surface area (Å²) in [6.07, 6.45) is 6.80. The van der Waals surface area contributed by atoms with E-state index in [9.17, 15) is 0 Å². The minimum atomic E-state index is 1.10. The van der Waals surface area contributed by atoms with Gasteiger partial charge >= 0.3 is 0 Å². The zero-order valence-corrected chi connectivity index (χ0v) is 13.2. The molecule has 0 aliphatic heterocycles. The third-order valence-electron chi connectivity index (χ3n) is 5.40. The van der Waals surface area contributed by atoms with E-state index in [1.807, 2.05) is 0 Å². The van der Waals surface area contributed by atoms with Crippen LogP contribution in [0.4, 0.5) is 0 Å². The van der Waals surface area contributed by atoms with Crippen molar-refractivity contribution >= 4 is 49.7 Å². The summed E-state index contributed by atoms with van der Waals surface area (Å²) >= 11 is 0. The lowest BCUT2D eigenvalue weighted by Crippen LogP contribution is -1.97. The Morgan fingerprint density at radius 1 is 0.708 bits per heavy atom. The first-order chi connectivity index (χ1) is 11.9. The Morgan fingerprint density at radius 2 is 1.33 bits per heavy atom. The monoisotopic (exact) mass is 308 g/mol. The zero-order chi connectivity index (χ0) is 15.7. The maximum atomic E-state index is 3.70. The van der Waals surface area contributed by atoms with Crippen LogP contribution in [-0.4, -0.2) is 9.97 Å². The summed E-state index contributed by atoms with van der Waals surface area (Å²) in [6, 6.07) is 17.3. The molecule has 0 unspecified atom stereocenters. The number of rotatable bonds is 0. The van der Waals surface area contributed by atoms with E-state index in [4.69, 9.17) is 0 Å². The maximum Gasteiger partial charge on any atom is 0.0549 e. The van der Waals surface area contributed by atoms with E-state index < -0.39 is 0 Å². The molecule has 0 atom stereocenters. The van der Waals surface area contributed by atoms with Crippen LogP contribution in [0.3, 0.4) is 0 Å². The van der Waals surface area contributed by atoms with Gasteiger partial charge in [0, 0.05) is 38.1 Å². The van der Waals surface area contributed by atoms with Crippen molar-refractivity contribution in [3.63, 3.8) is 0 Å². The Hall–Kier alpha value is -3.00. The summed E-state index contributed by atoms with van der Waals surface area (Å²) in [6.45, 7) is 0. The van der Waals surface area contributed by atoms with Crippen molar-refractivity contribution in [3.8, 4) is 0 Å². The molecule has 0 saturated heterocycles. The number of fused-ring (bicyclic) bond motifs is 10. The summed E-state index contributed by atoms with van der Waals surface area (Å²) < 4.78 is 0. The summed E-state index contributed by atoms with van der Waals surface area (Å²) in [4.78, 5) is 7.39. The highest BCUT2D eigenvalue weighted by Crippen LogP contribution is 2.42. The molecule has 0 fully saturated rings.